The first kappa shape index (κ1) is 16.1. The second kappa shape index (κ2) is 6.36. The van der Waals surface area contributed by atoms with Crippen LogP contribution in [0.4, 0.5) is 5.69 Å². The third-order valence-electron chi connectivity index (χ3n) is 3.32. The van der Waals surface area contributed by atoms with Gasteiger partial charge in [-0.25, -0.2) is 0 Å². The predicted octanol–water partition coefficient (Wildman–Crippen LogP) is 2.99. The van der Waals surface area contributed by atoms with E-state index in [9.17, 15) is 14.9 Å². The van der Waals surface area contributed by atoms with Crippen LogP contribution in [-0.4, -0.2) is 26.7 Å². The van der Waals surface area contributed by atoms with Gasteiger partial charge in [0.2, 0.25) is 18.0 Å². The van der Waals surface area contributed by atoms with Gasteiger partial charge in [0.05, 0.1) is 16.1 Å². The van der Waals surface area contributed by atoms with Crippen LogP contribution in [0.2, 0.25) is 0 Å². The van der Waals surface area contributed by atoms with Crippen LogP contribution >= 0.6 is 15.9 Å². The molecule has 3 rings (SSSR count). The molecule has 2 aromatic rings. The summed E-state index contributed by atoms with van der Waals surface area (Å²) in [6, 6.07) is 7.81. The van der Waals surface area contributed by atoms with Crippen molar-refractivity contribution in [3.8, 4) is 0 Å². The number of carbonyl (C=O) groups is 1. The van der Waals surface area contributed by atoms with Gasteiger partial charge in [-0.2, -0.15) is 5.01 Å². The molecule has 0 saturated carbocycles. The molecule has 0 unspecified atom stereocenters. The number of hydrazone groups is 1. The molecule has 24 heavy (non-hydrogen) atoms. The lowest BCUT2D eigenvalue weighted by Gasteiger charge is -2.19. The highest BCUT2D eigenvalue weighted by Gasteiger charge is 2.37. The number of ether oxygens (including phenoxy) is 1. The minimum atomic E-state index is -1.00. The van der Waals surface area contributed by atoms with E-state index in [-0.39, 0.29) is 17.1 Å². The molecule has 122 valence electrons. The van der Waals surface area contributed by atoms with E-state index in [1.165, 1.54) is 25.3 Å². The van der Waals surface area contributed by atoms with Crippen molar-refractivity contribution in [2.45, 2.75) is 13.2 Å². The zero-order valence-corrected chi connectivity index (χ0v) is 14.0. The third-order valence-corrected chi connectivity index (χ3v) is 3.75. The van der Waals surface area contributed by atoms with Crippen molar-refractivity contribution in [1.82, 2.24) is 9.99 Å². The SMILES string of the molecule is CC(=O)N1N=C(c2cncc(Br)c2)O[C@H]1c1ccccc1[N+](=O)[O-]. The molecule has 9 heteroatoms. The fourth-order valence-corrected chi connectivity index (χ4v) is 2.64. The molecule has 2 heterocycles. The zero-order valence-electron chi connectivity index (χ0n) is 12.4. The van der Waals surface area contributed by atoms with Gasteiger partial charge >= 0.3 is 0 Å². The van der Waals surface area contributed by atoms with Gasteiger partial charge in [0.25, 0.3) is 5.69 Å². The van der Waals surface area contributed by atoms with Gasteiger partial charge in [0, 0.05) is 29.9 Å². The summed E-state index contributed by atoms with van der Waals surface area (Å²) in [4.78, 5) is 26.6. The molecular formula is C15H11BrN4O4. The average molecular weight is 391 g/mol. The molecule has 0 spiro atoms. The molecule has 0 fully saturated rings. The fraction of sp³-hybridized carbons (Fsp3) is 0.133. The Balaban J connectivity index is 2.02. The fourth-order valence-electron chi connectivity index (χ4n) is 2.28. The summed E-state index contributed by atoms with van der Waals surface area (Å²) in [5, 5.41) is 16.5. The van der Waals surface area contributed by atoms with Crippen LogP contribution in [0, 0.1) is 10.1 Å². The van der Waals surface area contributed by atoms with Crippen LogP contribution in [0.5, 0.6) is 0 Å². The van der Waals surface area contributed by atoms with E-state index in [0.717, 1.165) is 9.48 Å². The average Bonchev–Trinajstić information content (AvgIpc) is 3.00. The lowest BCUT2D eigenvalue weighted by Crippen LogP contribution is -2.25. The summed E-state index contributed by atoms with van der Waals surface area (Å²) in [5.41, 5.74) is 0.661. The zero-order chi connectivity index (χ0) is 17.3. The Morgan fingerprint density at radius 2 is 2.12 bits per heavy atom. The standard InChI is InChI=1S/C15H11BrN4O4/c1-9(21)19-15(12-4-2-3-5-13(12)20(22)23)24-14(18-19)10-6-11(16)8-17-7-10/h2-8,15H,1H3/t15-/m0/s1. The quantitative estimate of drug-likeness (QED) is 0.592. The van der Waals surface area contributed by atoms with Crippen LogP contribution < -0.4 is 0 Å². The third kappa shape index (κ3) is 2.98. The molecule has 1 aliphatic rings. The molecule has 1 aliphatic heterocycles. The van der Waals surface area contributed by atoms with Gasteiger partial charge in [0.1, 0.15) is 0 Å². The number of hydrogen-bond donors (Lipinski definition) is 0. The first-order valence-corrected chi connectivity index (χ1v) is 7.66. The number of carbonyl (C=O) groups excluding carboxylic acids is 1. The number of nitro groups is 1. The first-order chi connectivity index (χ1) is 11.5. The number of benzene rings is 1. The largest absolute Gasteiger partial charge is 0.445 e. The van der Waals surface area contributed by atoms with E-state index < -0.39 is 17.1 Å². The van der Waals surface area contributed by atoms with Crippen molar-refractivity contribution in [2.24, 2.45) is 5.10 Å². The molecule has 0 radical (unpaired) electrons. The molecular weight excluding hydrogens is 380 g/mol. The Morgan fingerprint density at radius 1 is 1.38 bits per heavy atom. The van der Waals surface area contributed by atoms with Crippen LogP contribution in [0.3, 0.4) is 0 Å². The molecule has 0 N–H and O–H groups in total. The Morgan fingerprint density at radius 3 is 2.79 bits per heavy atom. The number of hydrogen-bond acceptors (Lipinski definition) is 6. The van der Waals surface area contributed by atoms with Crippen LogP contribution in [0.25, 0.3) is 0 Å². The van der Waals surface area contributed by atoms with E-state index in [1.807, 2.05) is 0 Å². The van der Waals surface area contributed by atoms with Gasteiger partial charge in [-0.1, -0.05) is 12.1 Å². The predicted molar refractivity (Wildman–Crippen MR) is 87.9 cm³/mol. The topological polar surface area (TPSA) is 97.9 Å². The molecule has 1 aromatic heterocycles. The lowest BCUT2D eigenvalue weighted by molar-refractivity contribution is -0.386. The van der Waals surface area contributed by atoms with Gasteiger partial charge < -0.3 is 4.74 Å². The first-order valence-electron chi connectivity index (χ1n) is 6.86. The summed E-state index contributed by atoms with van der Waals surface area (Å²) in [5.74, 6) is -0.224. The summed E-state index contributed by atoms with van der Waals surface area (Å²) >= 11 is 3.30. The van der Waals surface area contributed by atoms with Crippen molar-refractivity contribution in [2.75, 3.05) is 0 Å². The Labute approximate surface area is 145 Å². The van der Waals surface area contributed by atoms with Crippen molar-refractivity contribution in [1.29, 1.82) is 0 Å². The summed E-state index contributed by atoms with van der Waals surface area (Å²) in [6.45, 7) is 1.32. The highest BCUT2D eigenvalue weighted by molar-refractivity contribution is 9.10. The molecule has 1 atom stereocenters. The molecule has 0 saturated heterocycles. The lowest BCUT2D eigenvalue weighted by atomic mass is 10.1. The van der Waals surface area contributed by atoms with E-state index in [1.54, 1.807) is 24.4 Å². The minimum absolute atomic E-state index is 0.141. The van der Waals surface area contributed by atoms with E-state index in [0.29, 0.717) is 5.56 Å². The molecule has 8 nitrogen and oxygen atoms in total. The number of halogens is 1. The molecule has 1 amide bonds. The van der Waals surface area contributed by atoms with Crippen molar-refractivity contribution in [3.05, 3.63) is 68.4 Å². The Kier molecular flexibility index (Phi) is 4.26. The van der Waals surface area contributed by atoms with Gasteiger partial charge in [0.15, 0.2) is 0 Å². The summed E-state index contributed by atoms with van der Waals surface area (Å²) in [6.07, 6.45) is 2.13. The second-order valence-electron chi connectivity index (χ2n) is 4.95. The Hall–Kier alpha value is -2.81. The maximum atomic E-state index is 11.9. The monoisotopic (exact) mass is 390 g/mol. The number of nitrogens with zero attached hydrogens (tertiary/aromatic N) is 4. The Bertz CT molecular complexity index is 855. The molecule has 0 aliphatic carbocycles. The van der Waals surface area contributed by atoms with Crippen molar-refractivity contribution < 1.29 is 14.5 Å². The number of amides is 1. The summed E-state index contributed by atoms with van der Waals surface area (Å²) < 4.78 is 6.46. The second-order valence-corrected chi connectivity index (χ2v) is 5.86. The molecule has 1 aromatic carbocycles. The van der Waals surface area contributed by atoms with E-state index in [4.69, 9.17) is 4.74 Å². The van der Waals surface area contributed by atoms with Gasteiger partial charge in [-0.15, -0.1) is 5.10 Å². The van der Waals surface area contributed by atoms with E-state index in [2.05, 4.69) is 26.0 Å². The smallest absolute Gasteiger partial charge is 0.278 e. The van der Waals surface area contributed by atoms with Crippen LogP contribution in [-0.2, 0) is 9.53 Å². The normalized spacial score (nSPS) is 16.5. The minimum Gasteiger partial charge on any atom is -0.445 e. The number of rotatable bonds is 3. The van der Waals surface area contributed by atoms with Crippen molar-refractivity contribution in [3.63, 3.8) is 0 Å². The highest BCUT2D eigenvalue weighted by Crippen LogP contribution is 2.35. The van der Waals surface area contributed by atoms with E-state index >= 15 is 0 Å². The number of para-hydroxylation sites is 1. The van der Waals surface area contributed by atoms with Crippen LogP contribution in [0.15, 0.2) is 52.3 Å². The van der Waals surface area contributed by atoms with Gasteiger partial charge in [-0.3, -0.25) is 19.9 Å². The van der Waals surface area contributed by atoms with Gasteiger partial charge in [-0.05, 0) is 28.1 Å². The van der Waals surface area contributed by atoms with Crippen LogP contribution in [0.1, 0.15) is 24.3 Å². The number of aromatic nitrogens is 1. The number of pyridine rings is 1. The maximum absolute atomic E-state index is 11.9. The van der Waals surface area contributed by atoms with Crippen molar-refractivity contribution >= 4 is 33.4 Å². The molecule has 0 bridgehead atoms. The summed E-state index contributed by atoms with van der Waals surface area (Å²) in [7, 11) is 0. The highest BCUT2D eigenvalue weighted by atomic mass is 79.9. The number of nitro benzene ring substituents is 1. The maximum Gasteiger partial charge on any atom is 0.278 e.